The Kier molecular flexibility index (Phi) is 4.04. The number of aromatic nitrogens is 1. The number of nitrogens with one attached hydrogen (secondary N) is 2. The molecule has 0 unspecified atom stereocenters. The molecule has 1 aromatic heterocycles. The second-order valence-corrected chi connectivity index (χ2v) is 5.04. The van der Waals surface area contributed by atoms with Gasteiger partial charge in [0, 0.05) is 23.5 Å². The predicted octanol–water partition coefficient (Wildman–Crippen LogP) is 1.54. The summed E-state index contributed by atoms with van der Waals surface area (Å²) in [7, 11) is 1.99. The Hall–Kier alpha value is -0.450. The standard InChI is InChI=1S/C10H19N3S/c1-8-9(14-7-13-8)5-12-6-10(2,3)11-4/h7,11-12H,5-6H2,1-4H3. The number of hydrogen-bond donors (Lipinski definition) is 2. The minimum absolute atomic E-state index is 0.151. The molecular formula is C10H19N3S. The van der Waals surface area contributed by atoms with Crippen molar-refractivity contribution in [1.29, 1.82) is 0 Å². The van der Waals surface area contributed by atoms with Gasteiger partial charge in [0.1, 0.15) is 0 Å². The van der Waals surface area contributed by atoms with E-state index in [1.54, 1.807) is 11.3 Å². The molecule has 0 amide bonds. The molecule has 1 rings (SSSR count). The minimum Gasteiger partial charge on any atom is -0.314 e. The van der Waals surface area contributed by atoms with Crippen molar-refractivity contribution in [3.05, 3.63) is 16.1 Å². The lowest BCUT2D eigenvalue weighted by Gasteiger charge is -2.24. The van der Waals surface area contributed by atoms with Crippen LogP contribution in [-0.2, 0) is 6.54 Å². The van der Waals surface area contributed by atoms with Gasteiger partial charge in [-0.25, -0.2) is 4.98 Å². The predicted molar refractivity (Wildman–Crippen MR) is 61.7 cm³/mol. The Labute approximate surface area is 89.9 Å². The van der Waals surface area contributed by atoms with Crippen LogP contribution >= 0.6 is 11.3 Å². The van der Waals surface area contributed by atoms with E-state index in [1.165, 1.54) is 4.88 Å². The molecule has 14 heavy (non-hydrogen) atoms. The van der Waals surface area contributed by atoms with Gasteiger partial charge in [0.15, 0.2) is 0 Å². The van der Waals surface area contributed by atoms with Gasteiger partial charge in [0.05, 0.1) is 11.2 Å². The van der Waals surface area contributed by atoms with E-state index in [-0.39, 0.29) is 5.54 Å². The Morgan fingerprint density at radius 3 is 2.71 bits per heavy atom. The van der Waals surface area contributed by atoms with Crippen molar-refractivity contribution in [1.82, 2.24) is 15.6 Å². The van der Waals surface area contributed by atoms with E-state index >= 15 is 0 Å². The molecule has 0 radical (unpaired) electrons. The number of hydrogen-bond acceptors (Lipinski definition) is 4. The maximum Gasteiger partial charge on any atom is 0.0798 e. The van der Waals surface area contributed by atoms with E-state index in [4.69, 9.17) is 0 Å². The lowest BCUT2D eigenvalue weighted by atomic mass is 10.1. The van der Waals surface area contributed by atoms with E-state index in [1.807, 2.05) is 12.6 Å². The molecule has 1 aromatic rings. The first-order chi connectivity index (χ1) is 6.55. The molecule has 0 fully saturated rings. The van der Waals surface area contributed by atoms with E-state index in [0.29, 0.717) is 0 Å². The van der Waals surface area contributed by atoms with Gasteiger partial charge in [-0.3, -0.25) is 0 Å². The summed E-state index contributed by atoms with van der Waals surface area (Å²) in [6.07, 6.45) is 0. The van der Waals surface area contributed by atoms with Crippen molar-refractivity contribution in [2.45, 2.75) is 32.9 Å². The highest BCUT2D eigenvalue weighted by molar-refractivity contribution is 7.09. The zero-order chi connectivity index (χ0) is 10.6. The van der Waals surface area contributed by atoms with Crippen LogP contribution in [0.5, 0.6) is 0 Å². The summed E-state index contributed by atoms with van der Waals surface area (Å²) >= 11 is 1.71. The van der Waals surface area contributed by atoms with Crippen molar-refractivity contribution >= 4 is 11.3 Å². The fraction of sp³-hybridized carbons (Fsp3) is 0.700. The lowest BCUT2D eigenvalue weighted by Crippen LogP contribution is -2.45. The third-order valence-electron chi connectivity index (χ3n) is 2.37. The van der Waals surface area contributed by atoms with Gasteiger partial charge < -0.3 is 10.6 Å². The van der Waals surface area contributed by atoms with Gasteiger partial charge in [0.25, 0.3) is 0 Å². The Morgan fingerprint density at radius 2 is 2.21 bits per heavy atom. The van der Waals surface area contributed by atoms with Crippen LogP contribution in [0.3, 0.4) is 0 Å². The zero-order valence-electron chi connectivity index (χ0n) is 9.35. The highest BCUT2D eigenvalue weighted by Gasteiger charge is 2.13. The van der Waals surface area contributed by atoms with Crippen LogP contribution < -0.4 is 10.6 Å². The SMILES string of the molecule is CNC(C)(C)CNCc1scnc1C. The van der Waals surface area contributed by atoms with Crippen molar-refractivity contribution in [2.24, 2.45) is 0 Å². The topological polar surface area (TPSA) is 37.0 Å². The molecule has 2 N–H and O–H groups in total. The third kappa shape index (κ3) is 3.36. The monoisotopic (exact) mass is 213 g/mol. The first-order valence-electron chi connectivity index (χ1n) is 4.84. The van der Waals surface area contributed by atoms with Crippen LogP contribution in [0.2, 0.25) is 0 Å². The quantitative estimate of drug-likeness (QED) is 0.779. The summed E-state index contributed by atoms with van der Waals surface area (Å²) in [6, 6.07) is 0. The van der Waals surface area contributed by atoms with E-state index < -0.39 is 0 Å². The number of thiazole rings is 1. The molecule has 0 aliphatic rings. The highest BCUT2D eigenvalue weighted by atomic mass is 32.1. The summed E-state index contributed by atoms with van der Waals surface area (Å²) < 4.78 is 0. The third-order valence-corrected chi connectivity index (χ3v) is 3.31. The molecule has 4 heteroatoms. The average Bonchev–Trinajstić information content (AvgIpc) is 2.52. The lowest BCUT2D eigenvalue weighted by molar-refractivity contribution is 0.394. The summed E-state index contributed by atoms with van der Waals surface area (Å²) in [5.41, 5.74) is 3.19. The van der Waals surface area contributed by atoms with Gasteiger partial charge in [-0.15, -0.1) is 11.3 Å². The van der Waals surface area contributed by atoms with Crippen LogP contribution in [0.4, 0.5) is 0 Å². The van der Waals surface area contributed by atoms with Crippen molar-refractivity contribution in [3.8, 4) is 0 Å². The molecule has 0 bridgehead atoms. The van der Waals surface area contributed by atoms with Crippen LogP contribution in [0.25, 0.3) is 0 Å². The molecule has 0 atom stereocenters. The molecule has 0 aliphatic carbocycles. The zero-order valence-corrected chi connectivity index (χ0v) is 10.2. The normalized spacial score (nSPS) is 12.0. The first kappa shape index (κ1) is 11.6. The molecule has 0 aliphatic heterocycles. The smallest absolute Gasteiger partial charge is 0.0798 e. The fourth-order valence-corrected chi connectivity index (χ4v) is 1.82. The Balaban J connectivity index is 2.32. The largest absolute Gasteiger partial charge is 0.314 e. The molecule has 0 saturated carbocycles. The van der Waals surface area contributed by atoms with Gasteiger partial charge in [-0.05, 0) is 27.8 Å². The summed E-state index contributed by atoms with van der Waals surface area (Å²) in [6.45, 7) is 8.29. The van der Waals surface area contributed by atoms with E-state index in [9.17, 15) is 0 Å². The second-order valence-electron chi connectivity index (χ2n) is 4.10. The van der Waals surface area contributed by atoms with Crippen LogP contribution in [0, 0.1) is 6.92 Å². The average molecular weight is 213 g/mol. The molecular weight excluding hydrogens is 194 g/mol. The first-order valence-corrected chi connectivity index (χ1v) is 5.72. The van der Waals surface area contributed by atoms with E-state index in [0.717, 1.165) is 18.8 Å². The Bertz CT molecular complexity index is 281. The van der Waals surface area contributed by atoms with Gasteiger partial charge in [0.2, 0.25) is 0 Å². The van der Waals surface area contributed by atoms with Crippen molar-refractivity contribution < 1.29 is 0 Å². The number of nitrogens with zero attached hydrogens (tertiary/aromatic N) is 1. The van der Waals surface area contributed by atoms with Crippen molar-refractivity contribution in [3.63, 3.8) is 0 Å². The molecule has 0 aromatic carbocycles. The van der Waals surface area contributed by atoms with Crippen molar-refractivity contribution in [2.75, 3.05) is 13.6 Å². The van der Waals surface area contributed by atoms with Gasteiger partial charge >= 0.3 is 0 Å². The summed E-state index contributed by atoms with van der Waals surface area (Å²) in [5, 5.41) is 6.69. The number of aryl methyl sites for hydroxylation is 1. The number of rotatable bonds is 5. The van der Waals surface area contributed by atoms with Crippen LogP contribution in [-0.4, -0.2) is 24.1 Å². The summed E-state index contributed by atoms with van der Waals surface area (Å²) in [5.74, 6) is 0. The Morgan fingerprint density at radius 1 is 1.50 bits per heavy atom. The van der Waals surface area contributed by atoms with E-state index in [2.05, 4.69) is 36.4 Å². The molecule has 0 spiro atoms. The van der Waals surface area contributed by atoms with Gasteiger partial charge in [-0.2, -0.15) is 0 Å². The van der Waals surface area contributed by atoms with Crippen LogP contribution in [0.1, 0.15) is 24.4 Å². The molecule has 1 heterocycles. The molecule has 3 nitrogen and oxygen atoms in total. The maximum atomic E-state index is 4.21. The maximum absolute atomic E-state index is 4.21. The van der Waals surface area contributed by atoms with Gasteiger partial charge in [-0.1, -0.05) is 0 Å². The molecule has 0 saturated heterocycles. The minimum atomic E-state index is 0.151. The molecule has 80 valence electrons. The van der Waals surface area contributed by atoms with Crippen LogP contribution in [0.15, 0.2) is 5.51 Å². The summed E-state index contributed by atoms with van der Waals surface area (Å²) in [4.78, 5) is 5.55. The highest BCUT2D eigenvalue weighted by Crippen LogP contribution is 2.11. The fourth-order valence-electron chi connectivity index (χ4n) is 1.07. The second kappa shape index (κ2) is 4.87. The number of likely N-dealkylation sites (N-methyl/N-ethyl adjacent to an activating group) is 1.